The number of rotatable bonds is 11. The number of benzene rings is 10. The van der Waals surface area contributed by atoms with E-state index >= 15 is 0 Å². The van der Waals surface area contributed by atoms with Crippen LogP contribution < -0.4 is 0 Å². The van der Waals surface area contributed by atoms with Gasteiger partial charge in [0.05, 0.1) is 0 Å². The van der Waals surface area contributed by atoms with Crippen LogP contribution in [0.5, 0.6) is 0 Å². The summed E-state index contributed by atoms with van der Waals surface area (Å²) in [5, 5.41) is 4.98. The lowest BCUT2D eigenvalue weighted by Crippen LogP contribution is -1.90. The molecule has 302 valence electrons. The molecule has 0 saturated heterocycles. The highest BCUT2D eigenvalue weighted by Crippen LogP contribution is 2.34. The highest BCUT2D eigenvalue weighted by molar-refractivity contribution is 6.04. The van der Waals surface area contributed by atoms with E-state index < -0.39 is 0 Å². The molecule has 0 N–H and O–H groups in total. The Balaban J connectivity index is 0.941. The van der Waals surface area contributed by atoms with Crippen LogP contribution in [0.3, 0.4) is 0 Å². The molecule has 0 amide bonds. The summed E-state index contributed by atoms with van der Waals surface area (Å²) in [6.45, 7) is 0. The Hall–Kier alpha value is -8.32. The molecule has 0 aliphatic heterocycles. The lowest BCUT2D eigenvalue weighted by molar-refractivity contribution is 1.56. The van der Waals surface area contributed by atoms with Crippen LogP contribution in [0.15, 0.2) is 243 Å². The van der Waals surface area contributed by atoms with E-state index in [1.165, 1.54) is 66.1 Å². The molecule has 0 heterocycles. The van der Waals surface area contributed by atoms with E-state index in [0.717, 1.165) is 33.4 Å². The average molecular weight is 815 g/mol. The molecule has 0 aromatic heterocycles. The Morgan fingerprint density at radius 1 is 0.266 bits per heavy atom. The monoisotopic (exact) mass is 814 g/mol. The van der Waals surface area contributed by atoms with Crippen LogP contribution in [0.2, 0.25) is 0 Å². The molecule has 0 atom stereocenters. The van der Waals surface area contributed by atoms with Crippen LogP contribution in [0.25, 0.3) is 80.3 Å². The van der Waals surface area contributed by atoms with E-state index in [9.17, 15) is 0 Å². The van der Waals surface area contributed by atoms with E-state index in [1.807, 2.05) is 0 Å². The van der Waals surface area contributed by atoms with E-state index in [2.05, 4.69) is 279 Å². The second-order valence-electron chi connectivity index (χ2n) is 16.1. The first-order valence-corrected chi connectivity index (χ1v) is 22.0. The first-order valence-electron chi connectivity index (χ1n) is 22.0. The molecule has 0 nitrogen and oxygen atoms in total. The summed E-state index contributed by atoms with van der Waals surface area (Å²) >= 11 is 0. The topological polar surface area (TPSA) is 0 Å². The largest absolute Gasteiger partial charge is 0.0622 e. The molecule has 10 aromatic carbocycles. The molecule has 0 saturated carbocycles. The fourth-order valence-corrected chi connectivity index (χ4v) is 8.58. The van der Waals surface area contributed by atoms with Gasteiger partial charge in [-0.3, -0.25) is 0 Å². The molecule has 0 unspecified atom stereocenters. The number of hydrogen-bond donors (Lipinski definition) is 0. The van der Waals surface area contributed by atoms with Gasteiger partial charge < -0.3 is 0 Å². The molecule has 10 rings (SSSR count). The van der Waals surface area contributed by atoms with Crippen LogP contribution in [-0.2, 0) is 0 Å². The van der Waals surface area contributed by atoms with E-state index in [1.54, 1.807) is 0 Å². The van der Waals surface area contributed by atoms with Gasteiger partial charge in [0, 0.05) is 0 Å². The summed E-state index contributed by atoms with van der Waals surface area (Å²) in [6.07, 6.45) is 13.5. The second-order valence-corrected chi connectivity index (χ2v) is 16.1. The number of hydrogen-bond acceptors (Lipinski definition) is 0. The maximum Gasteiger partial charge on any atom is -0.00992 e. The average Bonchev–Trinajstić information content (AvgIpc) is 3.37. The standard InChI is InChI=1S/C64H46/c1-4-16-51(17-5-1)58-43-42-52(40-38-47-30-34-49(35-31-47)44-63(55-18-6-2-7-19-55)61-28-14-24-53-22-10-12-26-59(53)61)57(46-58)41-39-48-32-36-50(37-33-48)45-64(56-20-8-3-9-21-56)62-29-15-25-54-23-11-13-27-60(54)62/h1-46H. The molecule has 0 aliphatic carbocycles. The third-order valence-corrected chi connectivity index (χ3v) is 11.9. The molecule has 64 heavy (non-hydrogen) atoms. The Morgan fingerprint density at radius 2 is 0.672 bits per heavy atom. The normalized spacial score (nSPS) is 12.1. The maximum atomic E-state index is 2.31. The van der Waals surface area contributed by atoms with Crippen molar-refractivity contribution in [2.24, 2.45) is 0 Å². The summed E-state index contributed by atoms with van der Waals surface area (Å²) in [7, 11) is 0. The van der Waals surface area contributed by atoms with Crippen molar-refractivity contribution in [3.05, 3.63) is 298 Å². The van der Waals surface area contributed by atoms with Gasteiger partial charge in [0.15, 0.2) is 0 Å². The van der Waals surface area contributed by atoms with Gasteiger partial charge in [-0.1, -0.05) is 261 Å². The zero-order valence-electron chi connectivity index (χ0n) is 35.6. The Bertz CT molecular complexity index is 3300. The predicted octanol–water partition coefficient (Wildman–Crippen LogP) is 17.2. The minimum absolute atomic E-state index is 1.14. The zero-order valence-corrected chi connectivity index (χ0v) is 35.6. The number of fused-ring (bicyclic) bond motifs is 2. The molecule has 0 bridgehead atoms. The molecule has 0 fully saturated rings. The van der Waals surface area contributed by atoms with Crippen LogP contribution >= 0.6 is 0 Å². The highest BCUT2D eigenvalue weighted by atomic mass is 14.2. The SMILES string of the molecule is C(=Cc1ccc(-c2ccccc2)cc1C=Cc1ccc(C=C(c2ccccc2)c2cccc3ccccc23)cc1)c1ccc(C=C(c2ccccc2)c2cccc3ccccc23)cc1. The minimum atomic E-state index is 1.14. The molecule has 0 aliphatic rings. The molecule has 0 heteroatoms. The third kappa shape index (κ3) is 9.00. The van der Waals surface area contributed by atoms with Gasteiger partial charge >= 0.3 is 0 Å². The Morgan fingerprint density at radius 3 is 1.17 bits per heavy atom. The predicted molar refractivity (Wildman–Crippen MR) is 277 cm³/mol. The van der Waals surface area contributed by atoms with Crippen molar-refractivity contribution in [3.63, 3.8) is 0 Å². The van der Waals surface area contributed by atoms with Gasteiger partial charge in [-0.05, 0) is 118 Å². The van der Waals surface area contributed by atoms with Crippen LogP contribution in [-0.4, -0.2) is 0 Å². The van der Waals surface area contributed by atoms with Crippen LogP contribution in [0.4, 0.5) is 0 Å². The summed E-state index contributed by atoms with van der Waals surface area (Å²) in [5.41, 5.74) is 16.6. The second kappa shape index (κ2) is 18.7. The molecule has 0 spiro atoms. The van der Waals surface area contributed by atoms with Crippen LogP contribution in [0, 0.1) is 0 Å². The van der Waals surface area contributed by atoms with Crippen molar-refractivity contribution in [2.75, 3.05) is 0 Å². The first-order chi connectivity index (χ1) is 31.7. The van der Waals surface area contributed by atoms with Crippen molar-refractivity contribution in [2.45, 2.75) is 0 Å². The summed E-state index contributed by atoms with van der Waals surface area (Å²) in [4.78, 5) is 0. The quantitative estimate of drug-likeness (QED) is 0.114. The van der Waals surface area contributed by atoms with Crippen molar-refractivity contribution in [1.29, 1.82) is 0 Å². The van der Waals surface area contributed by atoms with Gasteiger partial charge in [-0.2, -0.15) is 0 Å². The summed E-state index contributed by atoms with van der Waals surface area (Å²) < 4.78 is 0. The van der Waals surface area contributed by atoms with Gasteiger partial charge in [0.1, 0.15) is 0 Å². The smallest absolute Gasteiger partial charge is 0.00992 e. The molecular weight excluding hydrogens is 769 g/mol. The van der Waals surface area contributed by atoms with Crippen molar-refractivity contribution in [1.82, 2.24) is 0 Å². The van der Waals surface area contributed by atoms with Crippen molar-refractivity contribution < 1.29 is 0 Å². The minimum Gasteiger partial charge on any atom is -0.0622 e. The molecule has 0 radical (unpaired) electrons. The van der Waals surface area contributed by atoms with Crippen molar-refractivity contribution >= 4 is 69.1 Å². The summed E-state index contributed by atoms with van der Waals surface area (Å²) in [5.74, 6) is 0. The molecular formula is C64H46. The fraction of sp³-hybridized carbons (Fsp3) is 0. The van der Waals surface area contributed by atoms with Crippen molar-refractivity contribution in [3.8, 4) is 11.1 Å². The van der Waals surface area contributed by atoms with Gasteiger partial charge in [-0.25, -0.2) is 0 Å². The van der Waals surface area contributed by atoms with Gasteiger partial charge in [-0.15, -0.1) is 0 Å². The van der Waals surface area contributed by atoms with Gasteiger partial charge in [0.2, 0.25) is 0 Å². The van der Waals surface area contributed by atoms with E-state index in [-0.39, 0.29) is 0 Å². The lowest BCUT2D eigenvalue weighted by atomic mass is 9.91. The Kier molecular flexibility index (Phi) is 11.7. The lowest BCUT2D eigenvalue weighted by Gasteiger charge is -2.12. The van der Waals surface area contributed by atoms with E-state index in [0.29, 0.717) is 0 Å². The maximum absolute atomic E-state index is 2.31. The summed E-state index contributed by atoms with van der Waals surface area (Å²) in [6, 6.07) is 86.9. The Labute approximate surface area is 376 Å². The molecule has 10 aromatic rings. The highest BCUT2D eigenvalue weighted by Gasteiger charge is 2.11. The zero-order chi connectivity index (χ0) is 42.9. The van der Waals surface area contributed by atoms with Gasteiger partial charge in [0.25, 0.3) is 0 Å². The fourth-order valence-electron chi connectivity index (χ4n) is 8.58. The van der Waals surface area contributed by atoms with Crippen LogP contribution in [0.1, 0.15) is 55.6 Å². The van der Waals surface area contributed by atoms with E-state index in [4.69, 9.17) is 0 Å². The first kappa shape index (κ1) is 39.8. The third-order valence-electron chi connectivity index (χ3n) is 11.9.